The molecule has 204 valence electrons. The number of carbonyl (C=O) groups is 1. The summed E-state index contributed by atoms with van der Waals surface area (Å²) in [4.78, 5) is 22.8. The third-order valence-corrected chi connectivity index (χ3v) is 10.6. The molecule has 3 N–H and O–H groups in total. The van der Waals surface area contributed by atoms with E-state index in [4.69, 9.17) is 4.98 Å². The molecule has 0 radical (unpaired) electrons. The molecule has 4 saturated carbocycles. The van der Waals surface area contributed by atoms with Crippen LogP contribution in [0.3, 0.4) is 0 Å². The van der Waals surface area contributed by atoms with E-state index in [2.05, 4.69) is 26.8 Å². The topological polar surface area (TPSA) is 115 Å². The number of nitrogens with one attached hydrogen (secondary N) is 2. The highest BCUT2D eigenvalue weighted by atomic mass is 32.2. The van der Waals surface area contributed by atoms with Crippen molar-refractivity contribution in [3.05, 3.63) is 48.2 Å². The molecule has 1 saturated heterocycles. The van der Waals surface area contributed by atoms with E-state index in [9.17, 15) is 18.3 Å². The first-order valence-corrected chi connectivity index (χ1v) is 15.2. The number of hydrogen-bond donors (Lipinski definition) is 3. The number of hydrogen-bond acceptors (Lipinski definition) is 7. The number of anilines is 2. The largest absolute Gasteiger partial charge is 0.390 e. The maximum Gasteiger partial charge on any atom is 0.270 e. The van der Waals surface area contributed by atoms with Crippen molar-refractivity contribution in [2.75, 3.05) is 36.5 Å². The number of pyridine rings is 1. The number of sulfonamides is 1. The average Bonchev–Trinajstić information content (AvgIpc) is 2.90. The van der Waals surface area contributed by atoms with Crippen molar-refractivity contribution in [3.8, 4) is 0 Å². The first kappa shape index (κ1) is 25.6. The second-order valence-electron chi connectivity index (χ2n) is 11.8. The third-order valence-electron chi connectivity index (χ3n) is 9.21. The van der Waals surface area contributed by atoms with Gasteiger partial charge in [-0.3, -0.25) is 4.79 Å². The summed E-state index contributed by atoms with van der Waals surface area (Å²) in [6, 6.07) is 12.9. The number of nitrogens with zero attached hydrogens (tertiary/aromatic N) is 3. The number of carbonyl (C=O) groups excluding carboxylic acids is 1. The van der Waals surface area contributed by atoms with Gasteiger partial charge in [-0.2, -0.15) is 0 Å². The zero-order chi connectivity index (χ0) is 26.7. The van der Waals surface area contributed by atoms with Crippen LogP contribution in [0.5, 0.6) is 0 Å². The molecule has 1 aliphatic heterocycles. The van der Waals surface area contributed by atoms with Crippen LogP contribution in [-0.2, 0) is 10.0 Å². The Hall–Kier alpha value is -2.69. The first-order chi connectivity index (χ1) is 18.1. The highest BCUT2D eigenvalue weighted by Gasteiger charge is 2.55. The van der Waals surface area contributed by atoms with Gasteiger partial charge in [-0.15, -0.1) is 0 Å². The van der Waals surface area contributed by atoms with Gasteiger partial charge in [-0.1, -0.05) is 6.07 Å². The minimum absolute atomic E-state index is 0.126. The molecule has 1 aromatic heterocycles. The fourth-order valence-corrected chi connectivity index (χ4v) is 8.37. The molecule has 7 rings (SSSR count). The molecular weight excluding hydrogens is 502 g/mol. The minimum Gasteiger partial charge on any atom is -0.390 e. The standard InChI is InChI=1S/C28H37N5O4S/c1-18-17-32(22-6-8-23(9-7-22)38(36,37)29-2)10-11-33(18)25-5-3-4-24(30-25)27(34)31-26-20-12-19-13-21(26)16-28(35,14-19)15-20/h3-9,18-21,26,29,35H,10-17H2,1-2H3,(H,31,34)/t18-,19?,20?,21?,26?,28?/m1/s1. The van der Waals surface area contributed by atoms with Gasteiger partial charge in [-0.25, -0.2) is 18.1 Å². The van der Waals surface area contributed by atoms with Crippen molar-refractivity contribution >= 4 is 27.4 Å². The van der Waals surface area contributed by atoms with Crippen molar-refractivity contribution in [3.63, 3.8) is 0 Å². The lowest BCUT2D eigenvalue weighted by Crippen LogP contribution is -2.61. The summed E-state index contributed by atoms with van der Waals surface area (Å²) in [7, 11) is -2.05. The normalized spacial score (nSPS) is 32.4. The SMILES string of the molecule is CNS(=O)(=O)c1ccc(N2CCN(c3cccc(C(=O)NC4C5CC6CC4CC(O)(C6)C5)n3)[C@H](C)C2)cc1. The number of aromatic nitrogens is 1. The van der Waals surface area contributed by atoms with Gasteiger partial charge < -0.3 is 20.2 Å². The molecule has 0 spiro atoms. The van der Waals surface area contributed by atoms with E-state index in [1.807, 2.05) is 24.3 Å². The summed E-state index contributed by atoms with van der Waals surface area (Å²) in [5.41, 5.74) is 0.902. The minimum atomic E-state index is -3.46. The Balaban J connectivity index is 1.11. The molecule has 4 aliphatic carbocycles. The van der Waals surface area contributed by atoms with E-state index in [-0.39, 0.29) is 22.9 Å². The molecule has 9 nitrogen and oxygen atoms in total. The Bertz CT molecular complexity index is 1300. The fourth-order valence-electron chi connectivity index (χ4n) is 7.64. The van der Waals surface area contributed by atoms with Crippen molar-refractivity contribution in [2.24, 2.45) is 17.8 Å². The van der Waals surface area contributed by atoms with E-state index in [0.717, 1.165) is 63.2 Å². The van der Waals surface area contributed by atoms with Crippen LogP contribution < -0.4 is 19.8 Å². The van der Waals surface area contributed by atoms with E-state index >= 15 is 0 Å². The van der Waals surface area contributed by atoms with Gasteiger partial charge >= 0.3 is 0 Å². The second kappa shape index (κ2) is 9.50. The molecular formula is C28H37N5O4S. The quantitative estimate of drug-likeness (QED) is 0.516. The molecule has 10 heteroatoms. The highest BCUT2D eigenvalue weighted by molar-refractivity contribution is 7.89. The van der Waals surface area contributed by atoms with Gasteiger partial charge in [0.05, 0.1) is 10.5 Å². The summed E-state index contributed by atoms with van der Waals surface area (Å²) in [5.74, 6) is 1.99. The fraction of sp³-hybridized carbons (Fsp3) is 0.571. The monoisotopic (exact) mass is 539 g/mol. The molecule has 2 heterocycles. The molecule has 1 aromatic carbocycles. The summed E-state index contributed by atoms with van der Waals surface area (Å²) >= 11 is 0. The zero-order valence-corrected chi connectivity index (χ0v) is 22.8. The van der Waals surface area contributed by atoms with Gasteiger partial charge in [0.25, 0.3) is 5.91 Å². The van der Waals surface area contributed by atoms with Crippen LogP contribution in [0.2, 0.25) is 0 Å². The Morgan fingerprint density at radius 2 is 1.76 bits per heavy atom. The van der Waals surface area contributed by atoms with Gasteiger partial charge in [0.2, 0.25) is 10.0 Å². The van der Waals surface area contributed by atoms with E-state index in [0.29, 0.717) is 23.4 Å². The molecule has 1 amide bonds. The molecule has 5 aliphatic rings. The van der Waals surface area contributed by atoms with Crippen LogP contribution in [0.4, 0.5) is 11.5 Å². The summed E-state index contributed by atoms with van der Waals surface area (Å²) < 4.78 is 26.4. The van der Waals surface area contributed by atoms with Crippen molar-refractivity contribution in [2.45, 2.75) is 61.6 Å². The van der Waals surface area contributed by atoms with Crippen LogP contribution in [0.1, 0.15) is 49.5 Å². The molecule has 2 unspecified atom stereocenters. The van der Waals surface area contributed by atoms with Crippen LogP contribution in [-0.4, -0.2) is 68.8 Å². The highest BCUT2D eigenvalue weighted by Crippen LogP contribution is 2.55. The Morgan fingerprint density at radius 3 is 2.39 bits per heavy atom. The van der Waals surface area contributed by atoms with Gasteiger partial charge in [0.15, 0.2) is 0 Å². The predicted octanol–water partition coefficient (Wildman–Crippen LogP) is 2.37. The number of piperazine rings is 1. The summed E-state index contributed by atoms with van der Waals surface area (Å²) in [6.45, 7) is 4.39. The summed E-state index contributed by atoms with van der Waals surface area (Å²) in [5, 5.41) is 14.2. The van der Waals surface area contributed by atoms with Crippen molar-refractivity contribution in [1.82, 2.24) is 15.0 Å². The maximum atomic E-state index is 13.3. The second-order valence-corrected chi connectivity index (χ2v) is 13.7. The van der Waals surface area contributed by atoms with E-state index < -0.39 is 15.6 Å². The van der Waals surface area contributed by atoms with E-state index in [1.165, 1.54) is 7.05 Å². The molecule has 3 atom stereocenters. The Kier molecular flexibility index (Phi) is 6.39. The lowest BCUT2D eigenvalue weighted by Gasteiger charge is -2.58. The predicted molar refractivity (Wildman–Crippen MR) is 146 cm³/mol. The van der Waals surface area contributed by atoms with Crippen molar-refractivity contribution in [1.29, 1.82) is 0 Å². The Morgan fingerprint density at radius 1 is 1.05 bits per heavy atom. The average molecular weight is 540 g/mol. The smallest absolute Gasteiger partial charge is 0.270 e. The van der Waals surface area contributed by atoms with Gasteiger partial charge in [0.1, 0.15) is 11.5 Å². The van der Waals surface area contributed by atoms with Crippen LogP contribution >= 0.6 is 0 Å². The molecule has 4 bridgehead atoms. The lowest BCUT2D eigenvalue weighted by atomic mass is 9.52. The van der Waals surface area contributed by atoms with Gasteiger partial charge in [0, 0.05) is 37.4 Å². The van der Waals surface area contributed by atoms with Crippen molar-refractivity contribution < 1.29 is 18.3 Å². The van der Waals surface area contributed by atoms with Crippen LogP contribution in [0.25, 0.3) is 0 Å². The van der Waals surface area contributed by atoms with Gasteiger partial charge in [-0.05, 0) is 100 Å². The number of aliphatic hydroxyl groups is 1. The first-order valence-electron chi connectivity index (χ1n) is 13.7. The summed E-state index contributed by atoms with van der Waals surface area (Å²) in [6.07, 6.45) is 4.74. The Labute approximate surface area is 224 Å². The van der Waals surface area contributed by atoms with E-state index in [1.54, 1.807) is 18.2 Å². The zero-order valence-electron chi connectivity index (χ0n) is 22.0. The van der Waals surface area contributed by atoms with Crippen LogP contribution in [0, 0.1) is 17.8 Å². The number of amides is 1. The van der Waals surface area contributed by atoms with Crippen LogP contribution in [0.15, 0.2) is 47.4 Å². The molecule has 5 fully saturated rings. The molecule has 2 aromatic rings. The number of rotatable bonds is 6. The lowest BCUT2D eigenvalue weighted by molar-refractivity contribution is -0.136. The number of benzene rings is 1. The molecule has 38 heavy (non-hydrogen) atoms. The third kappa shape index (κ3) is 4.67. The maximum absolute atomic E-state index is 13.3.